The van der Waals surface area contributed by atoms with Crippen LogP contribution in [0, 0.1) is 3.57 Å². The van der Waals surface area contributed by atoms with Gasteiger partial charge in [-0.25, -0.2) is 0 Å². The Hall–Kier alpha value is -11.0. The number of hydrogen-bond acceptors (Lipinski definition) is 2. The van der Waals surface area contributed by atoms with Crippen LogP contribution >= 0.6 is 22.6 Å². The van der Waals surface area contributed by atoms with Gasteiger partial charge in [0.25, 0.3) is 0 Å². The van der Waals surface area contributed by atoms with Crippen molar-refractivity contribution in [2.24, 2.45) is 0 Å². The molecule has 0 radical (unpaired) electrons. The lowest BCUT2D eigenvalue weighted by molar-refractivity contribution is 1.18. The van der Waals surface area contributed by atoms with Crippen LogP contribution in [-0.2, 0) is 0 Å². The number of hydrogen-bond donors (Lipinski definition) is 1. The van der Waals surface area contributed by atoms with Crippen LogP contribution in [0.4, 0.5) is 28.4 Å². The van der Waals surface area contributed by atoms with E-state index >= 15 is 0 Å². The third-order valence-electron chi connectivity index (χ3n) is 16.3. The Balaban J connectivity index is 0.000000130. The van der Waals surface area contributed by atoms with E-state index in [0.717, 1.165) is 34.1 Å². The molecule has 2 aromatic heterocycles. The van der Waals surface area contributed by atoms with Crippen molar-refractivity contribution in [1.82, 2.24) is 9.13 Å². The first kappa shape index (κ1) is 55.9. The van der Waals surface area contributed by atoms with Gasteiger partial charge in [-0.05, 0) is 188 Å². The lowest BCUT2D eigenvalue weighted by atomic mass is 10.0. The number of halogens is 1. The fourth-order valence-electron chi connectivity index (χ4n) is 12.0. The van der Waals surface area contributed by atoms with Gasteiger partial charge in [0.2, 0.25) is 0 Å². The maximum atomic E-state index is 3.38. The number of anilines is 5. The van der Waals surface area contributed by atoms with Crippen molar-refractivity contribution in [3.63, 3.8) is 0 Å². The third kappa shape index (κ3) is 12.1. The van der Waals surface area contributed by atoms with Crippen LogP contribution in [0.1, 0.15) is 0 Å². The van der Waals surface area contributed by atoms with Gasteiger partial charge < -0.3 is 19.4 Å². The maximum Gasteiger partial charge on any atom is 0.0541 e. The summed E-state index contributed by atoms with van der Waals surface area (Å²) in [6.07, 6.45) is 0. The largest absolute Gasteiger partial charge is 0.356 e. The molecule has 16 rings (SSSR count). The van der Waals surface area contributed by atoms with Crippen LogP contribution in [0.2, 0.25) is 0 Å². The van der Waals surface area contributed by atoms with Crippen molar-refractivity contribution >= 4 is 94.6 Å². The molecule has 14 aromatic carbocycles. The molecule has 0 aliphatic heterocycles. The van der Waals surface area contributed by atoms with E-state index in [9.17, 15) is 0 Å². The Kier molecular flexibility index (Phi) is 16.3. The quantitative estimate of drug-likeness (QED) is 0.131. The van der Waals surface area contributed by atoms with Crippen LogP contribution in [0.25, 0.3) is 99.5 Å². The highest BCUT2D eigenvalue weighted by Crippen LogP contribution is 2.39. The van der Waals surface area contributed by atoms with Gasteiger partial charge in [-0.1, -0.05) is 243 Å². The van der Waals surface area contributed by atoms with Gasteiger partial charge in [0.1, 0.15) is 0 Å². The number of fused-ring (bicyclic) bond motifs is 6. The number of aromatic nitrogens is 2. The topological polar surface area (TPSA) is 25.1 Å². The van der Waals surface area contributed by atoms with E-state index in [1.54, 1.807) is 0 Å². The summed E-state index contributed by atoms with van der Waals surface area (Å²) in [5.41, 5.74) is 22.7. The van der Waals surface area contributed by atoms with Crippen molar-refractivity contribution in [3.8, 4) is 55.9 Å². The zero-order valence-electron chi connectivity index (χ0n) is 48.9. The van der Waals surface area contributed by atoms with Crippen LogP contribution in [0.5, 0.6) is 0 Å². The predicted octanol–water partition coefficient (Wildman–Crippen LogP) is 23.7. The Morgan fingerprint density at radius 1 is 0.213 bits per heavy atom. The minimum Gasteiger partial charge on any atom is -0.356 e. The maximum absolute atomic E-state index is 3.38. The molecule has 5 heteroatoms. The molecule has 16 aromatic rings. The molecule has 0 aliphatic rings. The van der Waals surface area contributed by atoms with Crippen LogP contribution < -0.4 is 10.2 Å². The highest BCUT2D eigenvalue weighted by atomic mass is 127. The summed E-state index contributed by atoms with van der Waals surface area (Å²) in [7, 11) is 0. The monoisotopic (exact) mass is 1250 g/mol. The second-order valence-electron chi connectivity index (χ2n) is 21.9. The molecule has 424 valence electrons. The molecule has 0 fully saturated rings. The van der Waals surface area contributed by atoms with Gasteiger partial charge in [0.15, 0.2) is 0 Å². The van der Waals surface area contributed by atoms with Crippen molar-refractivity contribution < 1.29 is 0 Å². The summed E-state index contributed by atoms with van der Waals surface area (Å²) >= 11 is 2.34. The first-order valence-corrected chi connectivity index (χ1v) is 31.2. The molecule has 0 atom stereocenters. The van der Waals surface area contributed by atoms with Crippen LogP contribution in [0.15, 0.2) is 364 Å². The van der Waals surface area contributed by atoms with Gasteiger partial charge in [-0.15, -0.1) is 0 Å². The fourth-order valence-corrected chi connectivity index (χ4v) is 12.3. The van der Waals surface area contributed by atoms with Crippen molar-refractivity contribution in [1.29, 1.82) is 0 Å². The lowest BCUT2D eigenvalue weighted by Crippen LogP contribution is -2.09. The van der Waals surface area contributed by atoms with E-state index in [1.807, 2.05) is 24.3 Å². The molecule has 89 heavy (non-hydrogen) atoms. The van der Waals surface area contributed by atoms with Gasteiger partial charge in [0.05, 0.1) is 22.1 Å². The molecule has 0 saturated heterocycles. The molecule has 0 unspecified atom stereocenters. The molecule has 0 bridgehead atoms. The van der Waals surface area contributed by atoms with Gasteiger partial charge in [-0.3, -0.25) is 0 Å². The SMILES string of the molecule is Ic1ccc(-c2ccc(-n3c4ccccc4c4ccccc43)cc2)cc1.c1ccc(-c2ccc(N(c3ccccc3)c3ccc(-c4ccc(-n5c6ccccc6c6ccccc65)cc4)cc3)cc2)cc1.c1ccc(Nc2ccc(-c3ccccc3)cc2)cc1. The Labute approximate surface area is 533 Å². The number of nitrogens with one attached hydrogen (secondary N) is 1. The molecular weight excluding hydrogens is 1190 g/mol. The zero-order chi connectivity index (χ0) is 59.7. The molecule has 2 heterocycles. The van der Waals surface area contributed by atoms with E-state index in [2.05, 4.69) is 382 Å². The smallest absolute Gasteiger partial charge is 0.0541 e. The summed E-state index contributed by atoms with van der Waals surface area (Å²) in [5, 5.41) is 8.53. The van der Waals surface area contributed by atoms with E-state index in [4.69, 9.17) is 0 Å². The Morgan fingerprint density at radius 2 is 0.461 bits per heavy atom. The molecule has 0 saturated carbocycles. The molecule has 0 amide bonds. The first-order chi connectivity index (χ1) is 44.1. The predicted molar refractivity (Wildman–Crippen MR) is 387 cm³/mol. The minimum absolute atomic E-state index is 1.10. The van der Waals surface area contributed by atoms with Gasteiger partial charge in [0, 0.05) is 64.9 Å². The Bertz CT molecular complexity index is 4860. The summed E-state index contributed by atoms with van der Waals surface area (Å²) in [6.45, 7) is 0. The number of nitrogens with zero attached hydrogens (tertiary/aromatic N) is 3. The molecule has 0 aliphatic carbocycles. The third-order valence-corrected chi connectivity index (χ3v) is 17.1. The van der Waals surface area contributed by atoms with Crippen molar-refractivity contribution in [2.45, 2.75) is 0 Å². The van der Waals surface area contributed by atoms with Gasteiger partial charge in [-0.2, -0.15) is 0 Å². The first-order valence-electron chi connectivity index (χ1n) is 30.1. The average Bonchev–Trinajstić information content (AvgIpc) is 2.68. The van der Waals surface area contributed by atoms with Gasteiger partial charge >= 0.3 is 0 Å². The van der Waals surface area contributed by atoms with Crippen molar-refractivity contribution in [3.05, 3.63) is 368 Å². The highest BCUT2D eigenvalue weighted by Gasteiger charge is 2.16. The van der Waals surface area contributed by atoms with E-state index in [-0.39, 0.29) is 0 Å². The second-order valence-corrected chi connectivity index (χ2v) is 23.2. The molecule has 1 N–H and O–H groups in total. The summed E-state index contributed by atoms with van der Waals surface area (Å²) in [5.74, 6) is 0. The minimum atomic E-state index is 1.10. The number of rotatable bonds is 11. The summed E-state index contributed by atoms with van der Waals surface area (Å²) in [4.78, 5) is 2.31. The fraction of sp³-hybridized carbons (Fsp3) is 0. The molecule has 4 nitrogen and oxygen atoms in total. The lowest BCUT2D eigenvalue weighted by Gasteiger charge is -2.26. The summed E-state index contributed by atoms with van der Waals surface area (Å²) in [6, 6.07) is 129. The summed E-state index contributed by atoms with van der Waals surface area (Å²) < 4.78 is 5.97. The second kappa shape index (κ2) is 25.9. The van der Waals surface area contributed by atoms with Crippen LogP contribution in [0.3, 0.4) is 0 Å². The van der Waals surface area contributed by atoms with Crippen molar-refractivity contribution in [2.75, 3.05) is 10.2 Å². The van der Waals surface area contributed by atoms with E-state index in [1.165, 1.54) is 97.4 Å². The van der Waals surface area contributed by atoms with E-state index in [0.29, 0.717) is 0 Å². The molecular formula is C84H61IN4. The zero-order valence-corrected chi connectivity index (χ0v) is 51.0. The van der Waals surface area contributed by atoms with Crippen LogP contribution in [-0.4, -0.2) is 9.13 Å². The number of benzene rings is 14. The molecule has 0 spiro atoms. The van der Waals surface area contributed by atoms with E-state index < -0.39 is 0 Å². The normalized spacial score (nSPS) is 11.0. The Morgan fingerprint density at radius 3 is 0.820 bits per heavy atom. The standard InChI is InChI=1S/C42H30N2.C24H16IN.C18H15N/c1-3-11-31(12-4-1)32-19-25-36(26-20-32)43(35-13-5-2-6-14-35)37-27-21-33(22-28-37)34-23-29-38(30-24-34)44-41-17-9-7-15-39(41)40-16-8-10-18-42(40)44;25-19-13-9-17(10-14-19)18-11-15-20(16-12-18)26-23-7-3-1-5-21(23)22-6-2-4-8-24(22)26;1-3-7-15(8-4-1)16-11-13-18(14-12-16)19-17-9-5-2-6-10-17/h1-30H;1-16H;1-14,19H. The highest BCUT2D eigenvalue weighted by molar-refractivity contribution is 14.1. The average molecular weight is 1250 g/mol. The number of para-hydroxylation sites is 6.